The Labute approximate surface area is 447 Å². The Balaban J connectivity index is 4.08. The van der Waals surface area contributed by atoms with Crippen molar-refractivity contribution in [2.24, 2.45) is 0 Å². The summed E-state index contributed by atoms with van der Waals surface area (Å²) in [5.41, 5.74) is 0. The van der Waals surface area contributed by atoms with E-state index in [1.165, 1.54) is 199 Å². The Morgan fingerprint density at radius 3 is 0.861 bits per heavy atom. The normalized spacial score (nSPS) is 12.4. The van der Waals surface area contributed by atoms with Crippen LogP contribution in [0, 0.1) is 0 Å². The van der Waals surface area contributed by atoms with E-state index >= 15 is 0 Å². The van der Waals surface area contributed by atoms with Crippen LogP contribution in [-0.2, 0) is 28.6 Å². The quantitative estimate of drug-likeness (QED) is 0.0261. The van der Waals surface area contributed by atoms with Crippen LogP contribution in [-0.4, -0.2) is 37.2 Å². The average molecular weight is 1010 g/mol. The van der Waals surface area contributed by atoms with E-state index in [9.17, 15) is 14.4 Å². The number of unbranched alkanes of at least 4 members (excludes halogenated alkanes) is 36. The van der Waals surface area contributed by atoms with Gasteiger partial charge in [0.25, 0.3) is 0 Å². The molecule has 0 N–H and O–H groups in total. The third-order valence-corrected chi connectivity index (χ3v) is 13.8. The zero-order valence-corrected chi connectivity index (χ0v) is 47.9. The van der Waals surface area contributed by atoms with E-state index in [0.717, 1.165) is 83.5 Å². The molecule has 418 valence electrons. The van der Waals surface area contributed by atoms with Gasteiger partial charge in [-0.3, -0.25) is 14.4 Å². The summed E-state index contributed by atoms with van der Waals surface area (Å²) in [5.74, 6) is -0.874. The number of carbonyl (C=O) groups excluding carboxylic acids is 3. The number of carbonyl (C=O) groups is 3. The van der Waals surface area contributed by atoms with Gasteiger partial charge in [-0.15, -0.1) is 0 Å². The molecular weight excluding hydrogens is 889 g/mol. The molecule has 0 radical (unpaired) electrons. The SMILES string of the molecule is CC/C=C\C/C=C\C/C=C\C/C=C\CCCCCCCCCCCCC(=O)OC(COC(=O)CCCCCCCC)COC(=O)CCCCCCCCCCCCCCC/C=C\CCCCCCCCCC. The van der Waals surface area contributed by atoms with Gasteiger partial charge in [0.15, 0.2) is 6.10 Å². The Kier molecular flexibility index (Phi) is 58.2. The zero-order chi connectivity index (χ0) is 52.2. The zero-order valence-electron chi connectivity index (χ0n) is 47.9. The molecule has 0 spiro atoms. The first kappa shape index (κ1) is 69.1. The van der Waals surface area contributed by atoms with Crippen LogP contribution in [0.4, 0.5) is 0 Å². The summed E-state index contributed by atoms with van der Waals surface area (Å²) in [6, 6.07) is 0. The molecule has 0 amide bonds. The number of ether oxygens (including phenoxy) is 3. The summed E-state index contributed by atoms with van der Waals surface area (Å²) in [6.07, 6.45) is 76.9. The molecule has 0 aromatic carbocycles. The summed E-state index contributed by atoms with van der Waals surface area (Å²) >= 11 is 0. The molecule has 72 heavy (non-hydrogen) atoms. The highest BCUT2D eigenvalue weighted by molar-refractivity contribution is 5.71. The second kappa shape index (κ2) is 60.7. The third-order valence-electron chi connectivity index (χ3n) is 13.8. The number of esters is 3. The van der Waals surface area contributed by atoms with Gasteiger partial charge >= 0.3 is 17.9 Å². The second-order valence-electron chi connectivity index (χ2n) is 20.9. The molecule has 1 unspecified atom stereocenters. The Morgan fingerprint density at radius 2 is 0.542 bits per heavy atom. The molecule has 6 heteroatoms. The van der Waals surface area contributed by atoms with Gasteiger partial charge in [-0.1, -0.05) is 281 Å². The number of hydrogen-bond acceptors (Lipinski definition) is 6. The van der Waals surface area contributed by atoms with Gasteiger partial charge < -0.3 is 14.2 Å². The first-order valence-corrected chi connectivity index (χ1v) is 31.3. The highest BCUT2D eigenvalue weighted by atomic mass is 16.6. The van der Waals surface area contributed by atoms with Gasteiger partial charge in [0, 0.05) is 19.3 Å². The summed E-state index contributed by atoms with van der Waals surface area (Å²) < 4.78 is 16.8. The standard InChI is InChI=1S/C66H118O6/c1-4-7-10-13-16-18-20-22-24-26-28-30-32-33-35-36-38-40-42-44-46-48-50-53-56-59-65(68)71-62-63(61-70-64(67)58-55-52-15-12-9-6-3)72-66(69)60-57-54-51-49-47-45-43-41-39-37-34-31-29-27-25-23-21-19-17-14-11-8-5-2/h8,11,17,19,23,25-26,28-29,31,63H,4-7,9-10,12-16,18,20-22,24,27,30,32-62H2,1-3H3/b11-8-,19-17-,25-23-,28-26-,31-29-. The van der Waals surface area contributed by atoms with Gasteiger partial charge in [0.05, 0.1) is 0 Å². The summed E-state index contributed by atoms with van der Waals surface area (Å²) in [6.45, 7) is 6.50. The topological polar surface area (TPSA) is 78.9 Å². The van der Waals surface area contributed by atoms with E-state index in [1.54, 1.807) is 0 Å². The van der Waals surface area contributed by atoms with Crippen LogP contribution in [0.5, 0.6) is 0 Å². The van der Waals surface area contributed by atoms with Gasteiger partial charge in [-0.25, -0.2) is 0 Å². The first-order valence-electron chi connectivity index (χ1n) is 31.3. The lowest BCUT2D eigenvalue weighted by atomic mass is 10.0. The molecule has 0 aromatic heterocycles. The van der Waals surface area contributed by atoms with Crippen molar-refractivity contribution in [3.63, 3.8) is 0 Å². The van der Waals surface area contributed by atoms with Crippen molar-refractivity contribution in [2.75, 3.05) is 13.2 Å². The van der Waals surface area contributed by atoms with E-state index in [2.05, 4.69) is 81.5 Å². The Hall–Kier alpha value is -2.89. The van der Waals surface area contributed by atoms with Crippen molar-refractivity contribution in [1.82, 2.24) is 0 Å². The summed E-state index contributed by atoms with van der Waals surface area (Å²) in [7, 11) is 0. The maximum Gasteiger partial charge on any atom is 0.306 e. The van der Waals surface area contributed by atoms with E-state index in [1.807, 2.05) is 0 Å². The minimum Gasteiger partial charge on any atom is -0.462 e. The highest BCUT2D eigenvalue weighted by Gasteiger charge is 2.19. The molecule has 0 rings (SSSR count). The molecule has 0 aromatic rings. The molecule has 0 saturated carbocycles. The van der Waals surface area contributed by atoms with Gasteiger partial charge in [0.2, 0.25) is 0 Å². The molecule has 1 atom stereocenters. The average Bonchev–Trinajstić information content (AvgIpc) is 3.38. The van der Waals surface area contributed by atoms with E-state index < -0.39 is 6.10 Å². The molecular formula is C66H118O6. The minimum absolute atomic E-state index is 0.0733. The lowest BCUT2D eigenvalue weighted by molar-refractivity contribution is -0.167. The maximum atomic E-state index is 12.8. The van der Waals surface area contributed by atoms with Crippen molar-refractivity contribution in [2.45, 2.75) is 329 Å². The van der Waals surface area contributed by atoms with Crippen LogP contribution < -0.4 is 0 Å². The molecule has 0 aliphatic heterocycles. The van der Waals surface area contributed by atoms with Crippen LogP contribution in [0.2, 0.25) is 0 Å². The lowest BCUT2D eigenvalue weighted by Gasteiger charge is -2.18. The molecule has 0 bridgehead atoms. The number of rotatable bonds is 57. The van der Waals surface area contributed by atoms with Crippen LogP contribution in [0.15, 0.2) is 60.8 Å². The molecule has 0 aliphatic carbocycles. The molecule has 6 nitrogen and oxygen atoms in total. The van der Waals surface area contributed by atoms with Gasteiger partial charge in [-0.2, -0.15) is 0 Å². The monoisotopic (exact) mass is 1010 g/mol. The van der Waals surface area contributed by atoms with Gasteiger partial charge in [0.1, 0.15) is 13.2 Å². The fraction of sp³-hybridized carbons (Fsp3) is 0.803. The van der Waals surface area contributed by atoms with Crippen molar-refractivity contribution in [1.29, 1.82) is 0 Å². The Morgan fingerprint density at radius 1 is 0.292 bits per heavy atom. The molecule has 0 aliphatic rings. The smallest absolute Gasteiger partial charge is 0.306 e. The van der Waals surface area contributed by atoms with Crippen molar-refractivity contribution >= 4 is 17.9 Å². The maximum absolute atomic E-state index is 12.8. The predicted molar refractivity (Wildman–Crippen MR) is 312 cm³/mol. The lowest BCUT2D eigenvalue weighted by Crippen LogP contribution is -2.30. The molecule has 0 heterocycles. The fourth-order valence-corrected chi connectivity index (χ4v) is 9.08. The van der Waals surface area contributed by atoms with Crippen LogP contribution >= 0.6 is 0 Å². The predicted octanol–water partition coefficient (Wildman–Crippen LogP) is 21.2. The highest BCUT2D eigenvalue weighted by Crippen LogP contribution is 2.17. The first-order chi connectivity index (χ1) is 35.5. The fourth-order valence-electron chi connectivity index (χ4n) is 9.08. The summed E-state index contributed by atoms with van der Waals surface area (Å²) in [4.78, 5) is 38.0. The molecule has 0 fully saturated rings. The van der Waals surface area contributed by atoms with Crippen molar-refractivity contribution < 1.29 is 28.6 Å². The molecule has 0 saturated heterocycles. The minimum atomic E-state index is -0.773. The van der Waals surface area contributed by atoms with E-state index in [4.69, 9.17) is 14.2 Å². The van der Waals surface area contributed by atoms with E-state index in [-0.39, 0.29) is 31.1 Å². The van der Waals surface area contributed by atoms with Crippen molar-refractivity contribution in [3.05, 3.63) is 60.8 Å². The van der Waals surface area contributed by atoms with Crippen LogP contribution in [0.25, 0.3) is 0 Å². The second-order valence-corrected chi connectivity index (χ2v) is 20.9. The van der Waals surface area contributed by atoms with E-state index in [0.29, 0.717) is 19.3 Å². The van der Waals surface area contributed by atoms with Gasteiger partial charge in [-0.05, 0) is 83.5 Å². The number of allylic oxidation sites excluding steroid dienone is 10. The van der Waals surface area contributed by atoms with Crippen LogP contribution in [0.3, 0.4) is 0 Å². The summed E-state index contributed by atoms with van der Waals surface area (Å²) in [5, 5.41) is 0. The largest absolute Gasteiger partial charge is 0.462 e. The Bertz CT molecular complexity index is 1290. The number of hydrogen-bond donors (Lipinski definition) is 0. The van der Waals surface area contributed by atoms with Crippen LogP contribution in [0.1, 0.15) is 323 Å². The van der Waals surface area contributed by atoms with Crippen molar-refractivity contribution in [3.8, 4) is 0 Å². The third kappa shape index (κ3) is 58.0.